The van der Waals surface area contributed by atoms with Crippen LogP contribution in [0.4, 0.5) is 0 Å². The summed E-state index contributed by atoms with van der Waals surface area (Å²) in [7, 11) is 0. The second-order valence-corrected chi connectivity index (χ2v) is 7.22. The predicted molar refractivity (Wildman–Crippen MR) is 83.6 cm³/mol. The highest BCUT2D eigenvalue weighted by Crippen LogP contribution is 2.41. The molecule has 1 aromatic heterocycles. The molecule has 2 aliphatic rings. The van der Waals surface area contributed by atoms with E-state index in [-0.39, 0.29) is 30.2 Å². The third kappa shape index (κ3) is 2.90. The third-order valence-corrected chi connectivity index (χ3v) is 5.83. The van der Waals surface area contributed by atoms with E-state index in [4.69, 9.17) is 0 Å². The molecule has 3 heterocycles. The van der Waals surface area contributed by atoms with Gasteiger partial charge in [0, 0.05) is 24.7 Å². The number of aliphatic carboxylic acids is 1. The van der Waals surface area contributed by atoms with Gasteiger partial charge < -0.3 is 15.3 Å². The molecular weight excluding hydrogens is 318 g/mol. The van der Waals surface area contributed by atoms with Crippen LogP contribution < -0.4 is 5.32 Å². The predicted octanol–water partition coefficient (Wildman–Crippen LogP) is 0.115. The van der Waals surface area contributed by atoms with Crippen molar-refractivity contribution >= 4 is 29.5 Å². The highest BCUT2D eigenvalue weighted by atomic mass is 32.2. The highest BCUT2D eigenvalue weighted by molar-refractivity contribution is 8.00. The minimum atomic E-state index is -0.929. The number of nitrogens with one attached hydrogen (secondary N) is 1. The van der Waals surface area contributed by atoms with Gasteiger partial charge in [-0.1, -0.05) is 6.07 Å². The number of amides is 2. The number of aromatic nitrogens is 1. The fraction of sp³-hybridized carbons (Fsp3) is 0.467. The van der Waals surface area contributed by atoms with Crippen LogP contribution in [0.5, 0.6) is 0 Å². The summed E-state index contributed by atoms with van der Waals surface area (Å²) in [4.78, 5) is 41.0. The van der Waals surface area contributed by atoms with E-state index in [1.165, 1.54) is 16.7 Å². The minimum absolute atomic E-state index is 0.168. The van der Waals surface area contributed by atoms with Crippen molar-refractivity contribution in [3.8, 4) is 0 Å². The van der Waals surface area contributed by atoms with Gasteiger partial charge in [0.25, 0.3) is 0 Å². The maximum absolute atomic E-state index is 12.2. The van der Waals surface area contributed by atoms with Crippen LogP contribution in [0.15, 0.2) is 24.5 Å². The zero-order chi connectivity index (χ0) is 16.6. The van der Waals surface area contributed by atoms with Crippen molar-refractivity contribution in [2.24, 2.45) is 5.41 Å². The Bertz CT molecular complexity index is 653. The fourth-order valence-corrected chi connectivity index (χ4v) is 4.23. The van der Waals surface area contributed by atoms with Crippen LogP contribution >= 0.6 is 11.8 Å². The van der Waals surface area contributed by atoms with Crippen LogP contribution in [0.25, 0.3) is 0 Å². The summed E-state index contributed by atoms with van der Waals surface area (Å²) < 4.78 is 0. The average Bonchev–Trinajstić information content (AvgIpc) is 2.53. The number of hydrogen-bond donors (Lipinski definition) is 2. The summed E-state index contributed by atoms with van der Waals surface area (Å²) in [6, 6.07) is 2.99. The summed E-state index contributed by atoms with van der Waals surface area (Å²) in [6.07, 6.45) is 3.41. The lowest BCUT2D eigenvalue weighted by Crippen LogP contribution is -2.73. The first kappa shape index (κ1) is 15.8. The summed E-state index contributed by atoms with van der Waals surface area (Å²) in [6.45, 7) is 1.83. The molecule has 0 radical (unpaired) electrons. The van der Waals surface area contributed by atoms with Gasteiger partial charge in [0.05, 0.1) is 11.8 Å². The van der Waals surface area contributed by atoms with Gasteiger partial charge in [-0.25, -0.2) is 0 Å². The van der Waals surface area contributed by atoms with Gasteiger partial charge in [-0.05, 0) is 18.6 Å². The van der Waals surface area contributed by atoms with Gasteiger partial charge in [0.1, 0.15) is 11.4 Å². The van der Waals surface area contributed by atoms with E-state index in [2.05, 4.69) is 10.3 Å². The van der Waals surface area contributed by atoms with Gasteiger partial charge in [-0.2, -0.15) is 0 Å². The normalized spacial score (nSPS) is 29.4. The lowest BCUT2D eigenvalue weighted by Gasteiger charge is -2.53. The molecule has 0 spiro atoms. The second-order valence-electron chi connectivity index (χ2n) is 6.12. The molecule has 2 saturated heterocycles. The molecule has 0 saturated carbocycles. The van der Waals surface area contributed by atoms with E-state index in [1.54, 1.807) is 31.5 Å². The molecule has 2 aliphatic heterocycles. The molecule has 122 valence electrons. The number of fused-ring (bicyclic) bond motifs is 1. The number of carbonyl (C=O) groups excluding carboxylic acids is 2. The Morgan fingerprint density at radius 1 is 1.57 bits per heavy atom. The first-order valence-corrected chi connectivity index (χ1v) is 8.29. The molecule has 23 heavy (non-hydrogen) atoms. The lowest BCUT2D eigenvalue weighted by atomic mass is 9.89. The smallest absolute Gasteiger partial charge is 0.312 e. The Balaban J connectivity index is 1.59. The van der Waals surface area contributed by atoms with E-state index < -0.39 is 17.4 Å². The van der Waals surface area contributed by atoms with Gasteiger partial charge in [-0.3, -0.25) is 19.4 Å². The van der Waals surface area contributed by atoms with Crippen LogP contribution in [0.2, 0.25) is 0 Å². The maximum atomic E-state index is 12.2. The summed E-state index contributed by atoms with van der Waals surface area (Å²) in [5.41, 5.74) is -0.148. The topological polar surface area (TPSA) is 99.6 Å². The first-order valence-electron chi connectivity index (χ1n) is 7.24. The van der Waals surface area contributed by atoms with Crippen molar-refractivity contribution in [2.45, 2.75) is 24.8 Å². The molecule has 3 atom stereocenters. The van der Waals surface area contributed by atoms with Gasteiger partial charge in [-0.15, -0.1) is 11.8 Å². The Morgan fingerprint density at radius 2 is 2.35 bits per heavy atom. The third-order valence-electron chi connectivity index (χ3n) is 4.15. The van der Waals surface area contributed by atoms with Crippen LogP contribution in [-0.4, -0.2) is 56.5 Å². The largest absolute Gasteiger partial charge is 0.481 e. The van der Waals surface area contributed by atoms with Crippen LogP contribution in [0, 0.1) is 5.41 Å². The molecule has 2 fully saturated rings. The Morgan fingerprint density at radius 3 is 3.00 bits per heavy atom. The van der Waals surface area contributed by atoms with Crippen molar-refractivity contribution in [3.63, 3.8) is 0 Å². The zero-order valence-corrected chi connectivity index (χ0v) is 13.4. The summed E-state index contributed by atoms with van der Waals surface area (Å²) in [5, 5.41) is 11.8. The Kier molecular flexibility index (Phi) is 4.01. The van der Waals surface area contributed by atoms with Crippen molar-refractivity contribution < 1.29 is 19.5 Å². The molecule has 2 amide bonds. The minimum Gasteiger partial charge on any atom is -0.481 e. The van der Waals surface area contributed by atoms with E-state index in [9.17, 15) is 19.5 Å². The van der Waals surface area contributed by atoms with E-state index in [0.29, 0.717) is 5.75 Å². The van der Waals surface area contributed by atoms with Crippen LogP contribution in [0.3, 0.4) is 0 Å². The number of thioether (sulfide) groups is 1. The lowest BCUT2D eigenvalue weighted by molar-refractivity contribution is -0.157. The SMILES string of the molecule is CC1(C(=O)O)CS[C@@H]2C(NC(=O)Cc3cccnc3)C(=O)N2C1. The molecule has 1 aromatic rings. The molecule has 0 aliphatic carbocycles. The molecule has 2 N–H and O–H groups in total. The number of pyridine rings is 1. The van der Waals surface area contributed by atoms with Crippen molar-refractivity contribution in [2.75, 3.05) is 12.3 Å². The van der Waals surface area contributed by atoms with Crippen molar-refractivity contribution in [3.05, 3.63) is 30.1 Å². The second kappa shape index (κ2) is 5.84. The monoisotopic (exact) mass is 335 g/mol. The molecule has 8 heteroatoms. The highest BCUT2D eigenvalue weighted by Gasteiger charge is 2.55. The molecule has 2 unspecified atom stereocenters. The number of carboxylic acid groups (broad SMARTS) is 1. The Labute approximate surface area is 137 Å². The number of hydrogen-bond acceptors (Lipinski definition) is 5. The van der Waals surface area contributed by atoms with Crippen molar-refractivity contribution in [1.82, 2.24) is 15.2 Å². The molecule has 3 rings (SSSR count). The summed E-state index contributed by atoms with van der Waals surface area (Å²) in [5.74, 6) is -0.927. The molecule has 7 nitrogen and oxygen atoms in total. The van der Waals surface area contributed by atoms with Gasteiger partial charge in [0.2, 0.25) is 11.8 Å². The zero-order valence-electron chi connectivity index (χ0n) is 12.6. The van der Waals surface area contributed by atoms with Gasteiger partial charge >= 0.3 is 5.97 Å². The number of rotatable bonds is 4. The summed E-state index contributed by atoms with van der Waals surface area (Å²) >= 11 is 1.41. The first-order chi connectivity index (χ1) is 10.9. The molecule has 0 bridgehead atoms. The fourth-order valence-electron chi connectivity index (χ4n) is 2.74. The Hall–Kier alpha value is -2.09. The number of β-lactam (4-membered cyclic amide) rings is 1. The quantitative estimate of drug-likeness (QED) is 0.758. The average molecular weight is 335 g/mol. The van der Waals surface area contributed by atoms with Gasteiger partial charge in [0.15, 0.2) is 0 Å². The van der Waals surface area contributed by atoms with Crippen LogP contribution in [-0.2, 0) is 20.8 Å². The van der Waals surface area contributed by atoms with E-state index in [1.807, 2.05) is 0 Å². The van der Waals surface area contributed by atoms with E-state index >= 15 is 0 Å². The molecular formula is C15H17N3O4S. The molecule has 0 aromatic carbocycles. The number of nitrogens with zero attached hydrogens (tertiary/aromatic N) is 2. The number of carboxylic acids is 1. The van der Waals surface area contributed by atoms with Crippen LogP contribution in [0.1, 0.15) is 12.5 Å². The number of carbonyl (C=O) groups is 3. The van der Waals surface area contributed by atoms with E-state index in [0.717, 1.165) is 5.56 Å². The standard InChI is InChI=1S/C15H17N3O4S/c1-15(14(21)22)7-18-12(20)11(13(18)23-8-15)17-10(19)5-9-3-2-4-16-6-9/h2-4,6,11,13H,5,7-8H2,1H3,(H,17,19)(H,21,22)/t11?,13-,15?/m1/s1. The van der Waals surface area contributed by atoms with Crippen molar-refractivity contribution in [1.29, 1.82) is 0 Å². The maximum Gasteiger partial charge on any atom is 0.312 e.